The highest BCUT2D eigenvalue weighted by molar-refractivity contribution is 5.81. The largest absolute Gasteiger partial charge is 0.465 e. The minimum Gasteiger partial charge on any atom is -0.465 e. The minimum atomic E-state index is -0.487. The van der Waals surface area contributed by atoms with Crippen LogP contribution in [0.25, 0.3) is 0 Å². The Morgan fingerprint density at radius 3 is 2.57 bits per heavy atom. The minimum absolute atomic E-state index is 0.0675. The molecule has 0 amide bonds. The van der Waals surface area contributed by atoms with E-state index in [9.17, 15) is 4.79 Å². The zero-order valence-electron chi connectivity index (χ0n) is 14.7. The van der Waals surface area contributed by atoms with E-state index in [0.29, 0.717) is 24.6 Å². The van der Waals surface area contributed by atoms with E-state index in [0.717, 1.165) is 25.8 Å². The first-order valence-electron chi connectivity index (χ1n) is 8.52. The molecule has 0 radical (unpaired) electrons. The van der Waals surface area contributed by atoms with Crippen LogP contribution in [0.2, 0.25) is 0 Å². The number of ether oxygens (including phenoxy) is 1. The monoisotopic (exact) mass is 298 g/mol. The standard InChI is InChI=1S/C17H34N2O2/c1-7-18-17(16(20)21-8-2)11-9-10-15(12-17)19(6)14(5)13(3)4/h13-15,18H,7-12H2,1-6H3. The van der Waals surface area contributed by atoms with E-state index in [1.165, 1.54) is 6.42 Å². The predicted molar refractivity (Wildman–Crippen MR) is 87.4 cm³/mol. The highest BCUT2D eigenvalue weighted by Crippen LogP contribution is 2.33. The van der Waals surface area contributed by atoms with Crippen LogP contribution < -0.4 is 5.32 Å². The molecule has 1 rings (SSSR count). The average molecular weight is 298 g/mol. The fourth-order valence-corrected chi connectivity index (χ4v) is 3.42. The molecule has 3 atom stereocenters. The summed E-state index contributed by atoms with van der Waals surface area (Å²) < 4.78 is 5.35. The van der Waals surface area contributed by atoms with Crippen molar-refractivity contribution in [2.24, 2.45) is 5.92 Å². The number of likely N-dealkylation sites (N-methyl/N-ethyl adjacent to an activating group) is 1. The van der Waals surface area contributed by atoms with Gasteiger partial charge in [0.25, 0.3) is 0 Å². The van der Waals surface area contributed by atoms with Gasteiger partial charge in [0.1, 0.15) is 5.54 Å². The van der Waals surface area contributed by atoms with Crippen molar-refractivity contribution in [3.63, 3.8) is 0 Å². The van der Waals surface area contributed by atoms with Crippen LogP contribution in [0, 0.1) is 5.92 Å². The normalized spacial score (nSPS) is 27.9. The van der Waals surface area contributed by atoms with Gasteiger partial charge >= 0.3 is 5.97 Å². The molecule has 1 saturated carbocycles. The second-order valence-electron chi connectivity index (χ2n) is 6.73. The van der Waals surface area contributed by atoms with Crippen LogP contribution in [-0.4, -0.2) is 48.7 Å². The summed E-state index contributed by atoms with van der Waals surface area (Å²) >= 11 is 0. The Bertz CT molecular complexity index is 329. The van der Waals surface area contributed by atoms with E-state index in [1.807, 2.05) is 6.92 Å². The summed E-state index contributed by atoms with van der Waals surface area (Å²) in [5.74, 6) is 0.551. The van der Waals surface area contributed by atoms with Crippen molar-refractivity contribution in [1.29, 1.82) is 0 Å². The first-order valence-corrected chi connectivity index (χ1v) is 8.52. The number of nitrogens with zero attached hydrogens (tertiary/aromatic N) is 1. The maximum atomic E-state index is 12.5. The summed E-state index contributed by atoms with van der Waals surface area (Å²) in [7, 11) is 2.20. The quantitative estimate of drug-likeness (QED) is 0.734. The maximum Gasteiger partial charge on any atom is 0.326 e. The molecule has 1 fully saturated rings. The van der Waals surface area contributed by atoms with Crippen molar-refractivity contribution in [1.82, 2.24) is 10.2 Å². The number of hydrogen-bond acceptors (Lipinski definition) is 4. The molecule has 0 heterocycles. The van der Waals surface area contributed by atoms with Crippen LogP contribution in [0.3, 0.4) is 0 Å². The molecular formula is C17H34N2O2. The van der Waals surface area contributed by atoms with Crippen LogP contribution in [0.1, 0.15) is 60.3 Å². The van der Waals surface area contributed by atoms with Crippen molar-refractivity contribution in [2.75, 3.05) is 20.2 Å². The van der Waals surface area contributed by atoms with E-state index in [2.05, 4.69) is 45.0 Å². The Labute approximate surface area is 130 Å². The van der Waals surface area contributed by atoms with Crippen LogP contribution >= 0.6 is 0 Å². The lowest BCUT2D eigenvalue weighted by Gasteiger charge is -2.44. The van der Waals surface area contributed by atoms with Gasteiger partial charge in [-0.1, -0.05) is 20.8 Å². The van der Waals surface area contributed by atoms with Crippen molar-refractivity contribution >= 4 is 5.97 Å². The SMILES string of the molecule is CCNC1(C(=O)OCC)CCCC(N(C)C(C)C(C)C)C1. The Kier molecular flexibility index (Phi) is 7.14. The second-order valence-corrected chi connectivity index (χ2v) is 6.73. The van der Waals surface area contributed by atoms with E-state index >= 15 is 0 Å². The van der Waals surface area contributed by atoms with Crippen LogP contribution in [-0.2, 0) is 9.53 Å². The fraction of sp³-hybridized carbons (Fsp3) is 0.941. The van der Waals surface area contributed by atoms with Crippen molar-refractivity contribution in [2.45, 2.75) is 77.9 Å². The second kappa shape index (κ2) is 8.14. The number of carbonyl (C=O) groups excluding carboxylic acids is 1. The van der Waals surface area contributed by atoms with E-state index in [-0.39, 0.29) is 5.97 Å². The molecule has 1 aliphatic rings. The van der Waals surface area contributed by atoms with Crippen LogP contribution in [0.5, 0.6) is 0 Å². The van der Waals surface area contributed by atoms with Crippen molar-refractivity contribution in [3.05, 3.63) is 0 Å². The molecule has 1 aliphatic carbocycles. The molecule has 0 bridgehead atoms. The van der Waals surface area contributed by atoms with Gasteiger partial charge in [0.2, 0.25) is 0 Å². The zero-order valence-corrected chi connectivity index (χ0v) is 14.7. The zero-order chi connectivity index (χ0) is 16.0. The molecule has 21 heavy (non-hydrogen) atoms. The van der Waals surface area contributed by atoms with Crippen molar-refractivity contribution < 1.29 is 9.53 Å². The Balaban J connectivity index is 2.85. The number of rotatable bonds is 7. The van der Waals surface area contributed by atoms with Gasteiger partial charge in [-0.3, -0.25) is 4.79 Å². The predicted octanol–water partition coefficient (Wildman–Crippen LogP) is 2.82. The summed E-state index contributed by atoms with van der Waals surface area (Å²) in [4.78, 5) is 14.9. The van der Waals surface area contributed by atoms with Gasteiger partial charge in [0, 0.05) is 12.1 Å². The third-order valence-corrected chi connectivity index (χ3v) is 5.09. The van der Waals surface area contributed by atoms with E-state index in [1.54, 1.807) is 0 Å². The third-order valence-electron chi connectivity index (χ3n) is 5.09. The molecule has 0 spiro atoms. The number of nitrogens with one attached hydrogen (secondary N) is 1. The van der Waals surface area contributed by atoms with Gasteiger partial charge in [0.05, 0.1) is 6.61 Å². The maximum absolute atomic E-state index is 12.5. The Morgan fingerprint density at radius 2 is 2.05 bits per heavy atom. The van der Waals surface area contributed by atoms with Gasteiger partial charge < -0.3 is 15.0 Å². The first kappa shape index (κ1) is 18.4. The number of esters is 1. The molecule has 4 nitrogen and oxygen atoms in total. The lowest BCUT2D eigenvalue weighted by atomic mass is 9.77. The van der Waals surface area contributed by atoms with Gasteiger partial charge in [0.15, 0.2) is 0 Å². The lowest BCUT2D eigenvalue weighted by molar-refractivity contribution is -0.154. The third kappa shape index (κ3) is 4.43. The molecule has 4 heteroatoms. The first-order chi connectivity index (χ1) is 9.88. The molecule has 0 aromatic heterocycles. The topological polar surface area (TPSA) is 41.6 Å². The lowest BCUT2D eigenvalue weighted by Crippen LogP contribution is -2.59. The molecule has 124 valence electrons. The summed E-state index contributed by atoms with van der Waals surface area (Å²) in [5, 5.41) is 3.43. The van der Waals surface area contributed by atoms with Gasteiger partial charge in [-0.2, -0.15) is 0 Å². The fourth-order valence-electron chi connectivity index (χ4n) is 3.42. The van der Waals surface area contributed by atoms with E-state index in [4.69, 9.17) is 4.74 Å². The van der Waals surface area contributed by atoms with Gasteiger partial charge in [-0.05, 0) is 59.0 Å². The summed E-state index contributed by atoms with van der Waals surface area (Å²) in [6, 6.07) is 0.967. The van der Waals surface area contributed by atoms with Gasteiger partial charge in [-0.25, -0.2) is 0 Å². The summed E-state index contributed by atoms with van der Waals surface area (Å²) in [6.07, 6.45) is 3.99. The number of hydrogen-bond donors (Lipinski definition) is 1. The Hall–Kier alpha value is -0.610. The summed E-state index contributed by atoms with van der Waals surface area (Å²) in [5.41, 5.74) is -0.487. The van der Waals surface area contributed by atoms with Crippen LogP contribution in [0.15, 0.2) is 0 Å². The molecule has 0 saturated heterocycles. The molecule has 0 aromatic rings. The molecule has 3 unspecified atom stereocenters. The van der Waals surface area contributed by atoms with E-state index < -0.39 is 5.54 Å². The molecule has 0 aromatic carbocycles. The van der Waals surface area contributed by atoms with Crippen molar-refractivity contribution in [3.8, 4) is 0 Å². The average Bonchev–Trinajstić information content (AvgIpc) is 2.46. The highest BCUT2D eigenvalue weighted by atomic mass is 16.5. The van der Waals surface area contributed by atoms with Gasteiger partial charge in [-0.15, -0.1) is 0 Å². The number of carbonyl (C=O) groups is 1. The smallest absolute Gasteiger partial charge is 0.326 e. The molecule has 1 N–H and O–H groups in total. The van der Waals surface area contributed by atoms with Crippen LogP contribution in [0.4, 0.5) is 0 Å². The Morgan fingerprint density at radius 1 is 1.38 bits per heavy atom. The molecule has 0 aliphatic heterocycles. The summed E-state index contributed by atoms with van der Waals surface area (Å²) in [6.45, 7) is 12.0. The molecular weight excluding hydrogens is 264 g/mol. The highest BCUT2D eigenvalue weighted by Gasteiger charge is 2.44.